The van der Waals surface area contributed by atoms with E-state index in [1.54, 1.807) is 14.2 Å². The first kappa shape index (κ1) is 15.3. The number of benzene rings is 1. The van der Waals surface area contributed by atoms with Gasteiger partial charge in [0.15, 0.2) is 0 Å². The highest BCUT2D eigenvalue weighted by Crippen LogP contribution is 2.19. The number of carbonyl (C=O) groups excluding carboxylic acids is 1. The predicted molar refractivity (Wildman–Crippen MR) is 79.0 cm³/mol. The number of rotatable bonds is 6. The normalized spacial score (nSPS) is 12.0. The highest BCUT2D eigenvalue weighted by Gasteiger charge is 2.17. The van der Waals surface area contributed by atoms with Crippen LogP contribution in [-0.2, 0) is 18.4 Å². The van der Waals surface area contributed by atoms with E-state index >= 15 is 0 Å². The molecule has 0 spiro atoms. The van der Waals surface area contributed by atoms with Gasteiger partial charge < -0.3 is 10.1 Å². The van der Waals surface area contributed by atoms with E-state index in [0.29, 0.717) is 11.7 Å². The summed E-state index contributed by atoms with van der Waals surface area (Å²) in [4.78, 5) is 12.0. The van der Waals surface area contributed by atoms with E-state index < -0.39 is 0 Å². The van der Waals surface area contributed by atoms with Gasteiger partial charge in [0.25, 0.3) is 0 Å². The summed E-state index contributed by atoms with van der Waals surface area (Å²) < 4.78 is 6.63. The van der Waals surface area contributed by atoms with Crippen LogP contribution >= 0.6 is 11.8 Å². The fraction of sp³-hybridized carbons (Fsp3) is 0.385. The fourth-order valence-electron chi connectivity index (χ4n) is 1.61. The highest BCUT2D eigenvalue weighted by atomic mass is 32.2. The molecule has 0 aliphatic heterocycles. The Morgan fingerprint density at radius 1 is 1.43 bits per heavy atom. The molecule has 1 amide bonds. The number of methoxy groups -OCH3 is 1. The molecule has 0 saturated carbocycles. The summed E-state index contributed by atoms with van der Waals surface area (Å²) in [6, 6.07) is 7.57. The maximum absolute atomic E-state index is 12.0. The molecule has 1 aromatic carbocycles. The van der Waals surface area contributed by atoms with Crippen LogP contribution in [0.15, 0.2) is 29.4 Å². The van der Waals surface area contributed by atoms with Crippen LogP contribution in [0.5, 0.6) is 5.75 Å². The van der Waals surface area contributed by atoms with Gasteiger partial charge >= 0.3 is 0 Å². The standard InChI is InChI=1S/C13H17N5O2S/c1-9(21-13-15-16-17-18(13)2)12(19)14-8-10-4-6-11(20-3)7-5-10/h4-7,9H,8H2,1-3H3,(H,14,19). The van der Waals surface area contributed by atoms with Gasteiger partial charge in [-0.05, 0) is 35.0 Å². The third kappa shape index (κ3) is 4.19. The van der Waals surface area contributed by atoms with Gasteiger partial charge in [-0.1, -0.05) is 23.9 Å². The number of nitrogens with zero attached hydrogens (tertiary/aromatic N) is 4. The predicted octanol–water partition coefficient (Wildman–Crippen LogP) is 1.02. The second-order valence-corrected chi connectivity index (χ2v) is 5.72. The van der Waals surface area contributed by atoms with E-state index in [4.69, 9.17) is 4.74 Å². The van der Waals surface area contributed by atoms with Crippen molar-refractivity contribution in [3.8, 4) is 5.75 Å². The van der Waals surface area contributed by atoms with E-state index in [9.17, 15) is 4.79 Å². The monoisotopic (exact) mass is 307 g/mol. The van der Waals surface area contributed by atoms with Gasteiger partial charge in [-0.2, -0.15) is 0 Å². The zero-order valence-electron chi connectivity index (χ0n) is 12.1. The van der Waals surface area contributed by atoms with Crippen molar-refractivity contribution in [3.05, 3.63) is 29.8 Å². The molecule has 2 aromatic rings. The Kier molecular flexibility index (Phi) is 5.15. The molecule has 0 aliphatic carbocycles. The van der Waals surface area contributed by atoms with Crippen LogP contribution in [0.1, 0.15) is 12.5 Å². The van der Waals surface area contributed by atoms with Gasteiger partial charge in [-0.3, -0.25) is 4.79 Å². The number of hydrogen-bond acceptors (Lipinski definition) is 6. The molecule has 1 unspecified atom stereocenters. The van der Waals surface area contributed by atoms with Crippen molar-refractivity contribution in [1.82, 2.24) is 25.5 Å². The molecule has 1 heterocycles. The molecule has 0 bridgehead atoms. The Hall–Kier alpha value is -2.09. The lowest BCUT2D eigenvalue weighted by molar-refractivity contribution is -0.120. The van der Waals surface area contributed by atoms with Crippen LogP contribution in [0.25, 0.3) is 0 Å². The van der Waals surface area contributed by atoms with Crippen LogP contribution in [0.4, 0.5) is 0 Å². The van der Waals surface area contributed by atoms with Gasteiger partial charge in [0.2, 0.25) is 11.1 Å². The minimum Gasteiger partial charge on any atom is -0.497 e. The molecule has 7 nitrogen and oxygen atoms in total. The molecule has 2 rings (SSSR count). The van der Waals surface area contributed by atoms with E-state index in [1.165, 1.54) is 16.4 Å². The summed E-state index contributed by atoms with van der Waals surface area (Å²) in [7, 11) is 3.36. The van der Waals surface area contributed by atoms with Gasteiger partial charge in [-0.25, -0.2) is 4.68 Å². The third-order valence-electron chi connectivity index (χ3n) is 2.86. The number of amides is 1. The average molecular weight is 307 g/mol. The minimum atomic E-state index is -0.270. The van der Waals surface area contributed by atoms with Gasteiger partial charge in [0, 0.05) is 13.6 Å². The maximum Gasteiger partial charge on any atom is 0.233 e. The SMILES string of the molecule is COc1ccc(CNC(=O)C(C)Sc2nnnn2C)cc1. The first-order valence-corrected chi connectivity index (χ1v) is 7.27. The Bertz CT molecular complexity index is 599. The van der Waals surface area contributed by atoms with Gasteiger partial charge in [0.1, 0.15) is 5.75 Å². The average Bonchev–Trinajstić information content (AvgIpc) is 2.90. The van der Waals surface area contributed by atoms with E-state index in [0.717, 1.165) is 11.3 Å². The lowest BCUT2D eigenvalue weighted by Gasteiger charge is -2.11. The summed E-state index contributed by atoms with van der Waals surface area (Å²) in [5.41, 5.74) is 1.02. The zero-order valence-corrected chi connectivity index (χ0v) is 12.9. The molecule has 112 valence electrons. The number of hydrogen-bond donors (Lipinski definition) is 1. The lowest BCUT2D eigenvalue weighted by atomic mass is 10.2. The largest absolute Gasteiger partial charge is 0.497 e. The fourth-order valence-corrected chi connectivity index (χ4v) is 2.39. The Balaban J connectivity index is 1.84. The van der Waals surface area contributed by atoms with Crippen molar-refractivity contribution in [2.75, 3.05) is 7.11 Å². The second-order valence-electron chi connectivity index (χ2n) is 4.41. The molecular weight excluding hydrogens is 290 g/mol. The zero-order chi connectivity index (χ0) is 15.2. The van der Waals surface area contributed by atoms with Crippen molar-refractivity contribution in [2.24, 2.45) is 7.05 Å². The van der Waals surface area contributed by atoms with E-state index in [-0.39, 0.29) is 11.2 Å². The maximum atomic E-state index is 12.0. The molecule has 1 atom stereocenters. The second kappa shape index (κ2) is 7.07. The smallest absolute Gasteiger partial charge is 0.233 e. The number of aromatic nitrogens is 4. The number of tetrazole rings is 1. The van der Waals surface area contributed by atoms with Crippen molar-refractivity contribution >= 4 is 17.7 Å². The van der Waals surface area contributed by atoms with Crippen molar-refractivity contribution in [3.63, 3.8) is 0 Å². The van der Waals surface area contributed by atoms with Crippen molar-refractivity contribution in [2.45, 2.75) is 23.9 Å². The van der Waals surface area contributed by atoms with Crippen LogP contribution in [0.2, 0.25) is 0 Å². The number of carbonyl (C=O) groups is 1. The first-order valence-electron chi connectivity index (χ1n) is 6.40. The lowest BCUT2D eigenvalue weighted by Crippen LogP contribution is -2.30. The van der Waals surface area contributed by atoms with Crippen molar-refractivity contribution < 1.29 is 9.53 Å². The quantitative estimate of drug-likeness (QED) is 0.802. The molecule has 0 aliphatic rings. The summed E-state index contributed by atoms with van der Waals surface area (Å²) in [5.74, 6) is 0.739. The van der Waals surface area contributed by atoms with E-state index in [1.807, 2.05) is 31.2 Å². The summed E-state index contributed by atoms with van der Waals surface area (Å²) in [5, 5.41) is 14.4. The molecule has 8 heteroatoms. The van der Waals surface area contributed by atoms with Crippen molar-refractivity contribution in [1.29, 1.82) is 0 Å². The molecule has 21 heavy (non-hydrogen) atoms. The van der Waals surface area contributed by atoms with Crippen LogP contribution < -0.4 is 10.1 Å². The number of thioether (sulfide) groups is 1. The Labute approximate surface area is 127 Å². The summed E-state index contributed by atoms with van der Waals surface area (Å²) in [6.45, 7) is 2.30. The van der Waals surface area contributed by atoms with Crippen LogP contribution in [-0.4, -0.2) is 38.5 Å². The van der Waals surface area contributed by atoms with Gasteiger partial charge in [-0.15, -0.1) is 5.10 Å². The topological polar surface area (TPSA) is 81.9 Å². The number of aryl methyl sites for hydroxylation is 1. The first-order chi connectivity index (χ1) is 10.1. The molecule has 1 N–H and O–H groups in total. The molecule has 0 radical (unpaired) electrons. The molecule has 0 saturated heterocycles. The highest BCUT2D eigenvalue weighted by molar-refractivity contribution is 8.00. The molecule has 1 aromatic heterocycles. The summed E-state index contributed by atoms with van der Waals surface area (Å²) >= 11 is 1.32. The molecule has 0 fully saturated rings. The summed E-state index contributed by atoms with van der Waals surface area (Å²) in [6.07, 6.45) is 0. The Morgan fingerprint density at radius 3 is 2.71 bits per heavy atom. The number of ether oxygens (including phenoxy) is 1. The minimum absolute atomic E-state index is 0.0566. The van der Waals surface area contributed by atoms with Crippen LogP contribution in [0, 0.1) is 0 Å². The third-order valence-corrected chi connectivity index (χ3v) is 3.98. The molecular formula is C13H17N5O2S. The van der Waals surface area contributed by atoms with Gasteiger partial charge in [0.05, 0.1) is 12.4 Å². The Morgan fingerprint density at radius 2 is 2.14 bits per heavy atom. The van der Waals surface area contributed by atoms with Crippen LogP contribution in [0.3, 0.4) is 0 Å². The number of nitrogens with one attached hydrogen (secondary N) is 1. The van der Waals surface area contributed by atoms with E-state index in [2.05, 4.69) is 20.8 Å².